The molecule has 0 radical (unpaired) electrons. The molecule has 7 nitrogen and oxygen atoms in total. The maximum atomic E-state index is 13.3. The molecule has 0 saturated carbocycles. The Hall–Kier alpha value is -2.93. The minimum absolute atomic E-state index is 0.169. The summed E-state index contributed by atoms with van der Waals surface area (Å²) in [6.45, 7) is 5.35. The third-order valence-electron chi connectivity index (χ3n) is 6.64. The molecule has 1 aliphatic carbocycles. The highest BCUT2D eigenvalue weighted by Gasteiger charge is 2.49. The summed E-state index contributed by atoms with van der Waals surface area (Å²) in [7, 11) is 0. The maximum absolute atomic E-state index is 13.3. The number of benzene rings is 1. The quantitative estimate of drug-likeness (QED) is 0.789. The van der Waals surface area contributed by atoms with Gasteiger partial charge in [0.25, 0.3) is 5.91 Å². The van der Waals surface area contributed by atoms with Crippen molar-refractivity contribution >= 4 is 17.8 Å². The lowest BCUT2D eigenvalue weighted by atomic mass is 9.90. The molecule has 2 aliphatic heterocycles. The molecule has 0 bridgehead atoms. The average molecular weight is 406 g/mol. The molecule has 3 heterocycles. The van der Waals surface area contributed by atoms with Gasteiger partial charge < -0.3 is 10.2 Å². The number of imide groups is 1. The van der Waals surface area contributed by atoms with Crippen LogP contribution < -0.4 is 10.2 Å². The van der Waals surface area contributed by atoms with Crippen molar-refractivity contribution in [3.8, 4) is 0 Å². The topological polar surface area (TPSA) is 68.8 Å². The number of hydrogen-bond acceptors (Lipinski definition) is 5. The van der Waals surface area contributed by atoms with Crippen LogP contribution in [0.15, 0.2) is 42.6 Å². The zero-order valence-electron chi connectivity index (χ0n) is 17.3. The van der Waals surface area contributed by atoms with Gasteiger partial charge in [-0.1, -0.05) is 24.3 Å². The lowest BCUT2D eigenvalue weighted by Gasteiger charge is -2.36. The van der Waals surface area contributed by atoms with Crippen LogP contribution in [0.1, 0.15) is 30.0 Å². The van der Waals surface area contributed by atoms with Gasteiger partial charge in [0.15, 0.2) is 0 Å². The van der Waals surface area contributed by atoms with E-state index in [4.69, 9.17) is 0 Å². The Bertz CT molecular complexity index is 971. The number of fused-ring (bicyclic) bond motifs is 1. The Morgan fingerprint density at radius 3 is 2.60 bits per heavy atom. The Morgan fingerprint density at radius 1 is 1.03 bits per heavy atom. The fourth-order valence-corrected chi connectivity index (χ4v) is 4.76. The van der Waals surface area contributed by atoms with E-state index < -0.39 is 5.54 Å². The summed E-state index contributed by atoms with van der Waals surface area (Å²) < 4.78 is 0. The van der Waals surface area contributed by atoms with Gasteiger partial charge in [0, 0.05) is 32.4 Å². The zero-order chi connectivity index (χ0) is 20.7. The molecule has 7 heteroatoms. The third kappa shape index (κ3) is 3.23. The first-order valence-corrected chi connectivity index (χ1v) is 10.7. The lowest BCUT2D eigenvalue weighted by molar-refractivity contribution is -0.132. The smallest absolute Gasteiger partial charge is 0.326 e. The number of carbonyl (C=O) groups excluding carboxylic acids is 2. The number of nitrogens with zero attached hydrogens (tertiary/aromatic N) is 4. The van der Waals surface area contributed by atoms with Gasteiger partial charge in [-0.05, 0) is 55.0 Å². The van der Waals surface area contributed by atoms with Crippen molar-refractivity contribution < 1.29 is 9.59 Å². The fraction of sp³-hybridized carbons (Fsp3) is 0.435. The predicted molar refractivity (Wildman–Crippen MR) is 114 cm³/mol. The molecular formula is C23H27N5O2. The molecule has 0 unspecified atom stereocenters. The molecular weight excluding hydrogens is 378 g/mol. The number of piperazine rings is 1. The summed E-state index contributed by atoms with van der Waals surface area (Å²) in [5, 5.41) is 2.95. The van der Waals surface area contributed by atoms with E-state index in [1.807, 2.05) is 31.2 Å². The van der Waals surface area contributed by atoms with Crippen LogP contribution in [-0.2, 0) is 23.2 Å². The van der Waals surface area contributed by atoms with Crippen LogP contribution in [0.3, 0.4) is 0 Å². The van der Waals surface area contributed by atoms with Crippen molar-refractivity contribution in [1.29, 1.82) is 0 Å². The average Bonchev–Trinajstić information content (AvgIpc) is 3.33. The predicted octanol–water partition coefficient (Wildman–Crippen LogP) is 2.12. The van der Waals surface area contributed by atoms with Gasteiger partial charge in [-0.3, -0.25) is 9.69 Å². The van der Waals surface area contributed by atoms with Crippen molar-refractivity contribution in [2.75, 3.05) is 37.7 Å². The molecule has 3 aliphatic rings. The van der Waals surface area contributed by atoms with Crippen LogP contribution in [0.25, 0.3) is 0 Å². The monoisotopic (exact) mass is 405 g/mol. The minimum Gasteiger partial charge on any atom is -0.354 e. The lowest BCUT2D eigenvalue weighted by Crippen LogP contribution is -2.51. The zero-order valence-corrected chi connectivity index (χ0v) is 17.3. The van der Waals surface area contributed by atoms with Gasteiger partial charge in [0.1, 0.15) is 11.4 Å². The molecule has 2 saturated heterocycles. The maximum Gasteiger partial charge on any atom is 0.326 e. The first-order valence-electron chi connectivity index (χ1n) is 10.7. The van der Waals surface area contributed by atoms with Crippen molar-refractivity contribution in [3.05, 3.63) is 59.3 Å². The molecule has 156 valence electrons. The molecule has 5 rings (SSSR count). The molecule has 30 heavy (non-hydrogen) atoms. The second-order valence-corrected chi connectivity index (χ2v) is 8.56. The van der Waals surface area contributed by atoms with Crippen molar-refractivity contribution in [3.63, 3.8) is 0 Å². The number of carbonyl (C=O) groups is 2. The number of amides is 3. The van der Waals surface area contributed by atoms with Crippen molar-refractivity contribution in [1.82, 2.24) is 20.1 Å². The van der Waals surface area contributed by atoms with Crippen molar-refractivity contribution in [2.45, 2.75) is 31.7 Å². The Balaban J connectivity index is 1.26. The highest BCUT2D eigenvalue weighted by Crippen LogP contribution is 2.32. The fourth-order valence-electron chi connectivity index (χ4n) is 4.76. The van der Waals surface area contributed by atoms with E-state index in [1.54, 1.807) is 6.20 Å². The van der Waals surface area contributed by atoms with E-state index >= 15 is 0 Å². The number of hydrogen-bond donors (Lipinski definition) is 1. The number of urea groups is 1. The Labute approximate surface area is 176 Å². The van der Waals surface area contributed by atoms with Gasteiger partial charge >= 0.3 is 6.03 Å². The molecule has 0 spiro atoms. The van der Waals surface area contributed by atoms with E-state index in [9.17, 15) is 9.59 Å². The molecule has 2 aromatic rings. The second-order valence-electron chi connectivity index (χ2n) is 8.56. The highest BCUT2D eigenvalue weighted by atomic mass is 16.2. The van der Waals surface area contributed by atoms with Gasteiger partial charge in [-0.15, -0.1) is 0 Å². The van der Waals surface area contributed by atoms with E-state index in [1.165, 1.54) is 16.0 Å². The molecule has 3 amide bonds. The second kappa shape index (κ2) is 7.40. The largest absolute Gasteiger partial charge is 0.354 e. The number of aromatic nitrogens is 1. The summed E-state index contributed by atoms with van der Waals surface area (Å²) >= 11 is 0. The van der Waals surface area contributed by atoms with Gasteiger partial charge in [-0.2, -0.15) is 0 Å². The first-order chi connectivity index (χ1) is 14.5. The van der Waals surface area contributed by atoms with Crippen LogP contribution >= 0.6 is 0 Å². The molecule has 1 aromatic carbocycles. The molecule has 1 aromatic heterocycles. The normalized spacial score (nSPS) is 24.3. The summed E-state index contributed by atoms with van der Waals surface area (Å²) in [5.41, 5.74) is 2.55. The summed E-state index contributed by atoms with van der Waals surface area (Å²) in [6, 6.07) is 11.8. The standard InChI is InChI=1S/C23H27N5O2/c1-23(19-9-8-17-5-4-6-18(17)15-19)21(29)28(22(30)25-23)16-26-11-13-27(14-12-26)20-7-2-3-10-24-20/h2-3,7-10,15H,4-6,11-14,16H2,1H3,(H,25,30)/t23-/m0/s1. The Morgan fingerprint density at radius 2 is 1.83 bits per heavy atom. The van der Waals surface area contributed by atoms with E-state index in [-0.39, 0.29) is 11.9 Å². The summed E-state index contributed by atoms with van der Waals surface area (Å²) in [5.74, 6) is 0.800. The van der Waals surface area contributed by atoms with Crippen molar-refractivity contribution in [2.24, 2.45) is 0 Å². The summed E-state index contributed by atoms with van der Waals surface area (Å²) in [6.07, 6.45) is 5.11. The number of pyridine rings is 1. The van der Waals surface area contributed by atoms with Crippen LogP contribution in [0, 0.1) is 0 Å². The van der Waals surface area contributed by atoms with Gasteiger partial charge in [0.2, 0.25) is 0 Å². The number of anilines is 1. The summed E-state index contributed by atoms with van der Waals surface area (Å²) in [4.78, 5) is 36.2. The van der Waals surface area contributed by atoms with Gasteiger partial charge in [0.05, 0.1) is 6.67 Å². The third-order valence-corrected chi connectivity index (χ3v) is 6.64. The van der Waals surface area contributed by atoms with E-state index in [2.05, 4.69) is 32.2 Å². The van der Waals surface area contributed by atoms with Crippen LogP contribution in [0.5, 0.6) is 0 Å². The van der Waals surface area contributed by atoms with E-state index in [0.29, 0.717) is 6.67 Å². The molecule has 1 atom stereocenters. The van der Waals surface area contributed by atoms with Crippen LogP contribution in [-0.4, -0.2) is 59.6 Å². The number of nitrogens with one attached hydrogen (secondary N) is 1. The number of rotatable bonds is 4. The van der Waals surface area contributed by atoms with Crippen LogP contribution in [0.2, 0.25) is 0 Å². The highest BCUT2D eigenvalue weighted by molar-refractivity contribution is 6.07. The van der Waals surface area contributed by atoms with Crippen LogP contribution in [0.4, 0.5) is 10.6 Å². The molecule has 1 N–H and O–H groups in total. The van der Waals surface area contributed by atoms with E-state index in [0.717, 1.165) is 56.8 Å². The SMILES string of the molecule is C[C@@]1(c2ccc3c(c2)CCC3)NC(=O)N(CN2CCN(c3ccccn3)CC2)C1=O. The molecule has 2 fully saturated rings. The van der Waals surface area contributed by atoms with Gasteiger partial charge in [-0.25, -0.2) is 14.7 Å². The number of aryl methyl sites for hydroxylation is 2. The Kier molecular flexibility index (Phi) is 4.70. The first kappa shape index (κ1) is 19.1. The minimum atomic E-state index is -0.996.